The van der Waals surface area contributed by atoms with E-state index in [1.165, 1.54) is 0 Å². The van der Waals surface area contributed by atoms with Crippen molar-refractivity contribution in [2.24, 2.45) is 0 Å². The number of benzene rings is 2. The summed E-state index contributed by atoms with van der Waals surface area (Å²) in [5, 5.41) is 9.75. The lowest BCUT2D eigenvalue weighted by Gasteiger charge is -2.10. The number of hydrogen-bond donors (Lipinski definition) is 1. The summed E-state index contributed by atoms with van der Waals surface area (Å²) >= 11 is 0. The molecule has 2 N–H and O–H groups in total. The second-order valence-electron chi connectivity index (χ2n) is 4.29. The van der Waals surface area contributed by atoms with Crippen molar-refractivity contribution in [1.82, 2.24) is 4.98 Å². The van der Waals surface area contributed by atoms with Gasteiger partial charge in [-0.05, 0) is 42.5 Å². The summed E-state index contributed by atoms with van der Waals surface area (Å²) in [6.07, 6.45) is 1.69. The first-order chi connectivity index (χ1) is 9.78. The fraction of sp³-hybridized carbons (Fsp3) is 0. The Hall–Kier alpha value is -3.06. The maximum atomic E-state index is 8.90. The number of nitriles is 1. The van der Waals surface area contributed by atoms with Crippen molar-refractivity contribution in [2.75, 3.05) is 5.73 Å². The van der Waals surface area contributed by atoms with Crippen LogP contribution in [0.4, 0.5) is 5.69 Å². The number of nitrogens with two attached hydrogens (primary N) is 1. The van der Waals surface area contributed by atoms with E-state index >= 15 is 0 Å². The molecular weight excluding hydrogens is 250 g/mol. The molecule has 0 unspecified atom stereocenters. The molecule has 1 aromatic heterocycles. The van der Waals surface area contributed by atoms with E-state index in [9.17, 15) is 0 Å². The zero-order valence-electron chi connectivity index (χ0n) is 10.6. The first kappa shape index (κ1) is 12.0. The van der Waals surface area contributed by atoms with E-state index in [-0.39, 0.29) is 0 Å². The van der Waals surface area contributed by atoms with Crippen LogP contribution in [0.3, 0.4) is 0 Å². The molecule has 4 nitrogen and oxygen atoms in total. The Morgan fingerprint density at radius 1 is 1.10 bits per heavy atom. The van der Waals surface area contributed by atoms with E-state index in [4.69, 9.17) is 15.7 Å². The summed E-state index contributed by atoms with van der Waals surface area (Å²) in [6, 6.07) is 16.4. The van der Waals surface area contributed by atoms with Gasteiger partial charge in [-0.25, -0.2) is 0 Å². The number of fused-ring (bicyclic) bond motifs is 1. The zero-order chi connectivity index (χ0) is 13.9. The Kier molecular flexibility index (Phi) is 2.94. The van der Waals surface area contributed by atoms with Gasteiger partial charge in [0.2, 0.25) is 0 Å². The molecule has 0 aliphatic carbocycles. The number of pyridine rings is 1. The van der Waals surface area contributed by atoms with Crippen LogP contribution in [0.25, 0.3) is 10.9 Å². The molecule has 1 heterocycles. The summed E-state index contributed by atoms with van der Waals surface area (Å²) in [5.74, 6) is 1.27. The van der Waals surface area contributed by atoms with Crippen LogP contribution in [-0.2, 0) is 0 Å². The number of rotatable bonds is 2. The summed E-state index contributed by atoms with van der Waals surface area (Å²) in [6.45, 7) is 0. The van der Waals surface area contributed by atoms with E-state index in [1.54, 1.807) is 42.6 Å². The lowest BCUT2D eigenvalue weighted by atomic mass is 10.1. The highest BCUT2D eigenvalue weighted by atomic mass is 16.5. The number of aromatic nitrogens is 1. The fourth-order valence-electron chi connectivity index (χ4n) is 2.01. The van der Waals surface area contributed by atoms with Crippen molar-refractivity contribution in [3.05, 3.63) is 60.3 Å². The molecule has 0 saturated carbocycles. The van der Waals surface area contributed by atoms with Crippen LogP contribution in [0.2, 0.25) is 0 Å². The maximum absolute atomic E-state index is 8.90. The molecular formula is C16H11N3O. The van der Waals surface area contributed by atoms with Gasteiger partial charge in [0.25, 0.3) is 0 Å². The highest BCUT2D eigenvalue weighted by molar-refractivity contribution is 5.93. The minimum Gasteiger partial charge on any atom is -0.457 e. The average molecular weight is 261 g/mol. The molecule has 0 fully saturated rings. The summed E-state index contributed by atoms with van der Waals surface area (Å²) in [7, 11) is 0. The average Bonchev–Trinajstić information content (AvgIpc) is 2.51. The Morgan fingerprint density at radius 2 is 2.00 bits per heavy atom. The van der Waals surface area contributed by atoms with Crippen molar-refractivity contribution in [3.63, 3.8) is 0 Å². The van der Waals surface area contributed by atoms with Crippen LogP contribution < -0.4 is 10.5 Å². The van der Waals surface area contributed by atoms with Crippen molar-refractivity contribution in [2.45, 2.75) is 0 Å². The maximum Gasteiger partial charge on any atom is 0.136 e. The molecule has 2 aromatic carbocycles. The SMILES string of the molecule is N#Cc1cccc(Oc2ccc(N)c3ncccc23)c1. The molecule has 0 aliphatic heterocycles. The highest BCUT2D eigenvalue weighted by Gasteiger charge is 2.07. The van der Waals surface area contributed by atoms with Gasteiger partial charge < -0.3 is 10.5 Å². The normalized spacial score (nSPS) is 10.2. The lowest BCUT2D eigenvalue weighted by molar-refractivity contribution is 0.488. The van der Waals surface area contributed by atoms with Crippen LogP contribution in [0, 0.1) is 11.3 Å². The first-order valence-electron chi connectivity index (χ1n) is 6.09. The van der Waals surface area contributed by atoms with E-state index in [1.807, 2.05) is 12.1 Å². The van der Waals surface area contributed by atoms with Crippen molar-refractivity contribution in [1.29, 1.82) is 5.26 Å². The molecule has 0 spiro atoms. The van der Waals surface area contributed by atoms with Gasteiger partial charge in [-0.1, -0.05) is 6.07 Å². The summed E-state index contributed by atoms with van der Waals surface area (Å²) < 4.78 is 5.84. The van der Waals surface area contributed by atoms with Gasteiger partial charge in [-0.3, -0.25) is 4.98 Å². The first-order valence-corrected chi connectivity index (χ1v) is 6.09. The standard InChI is InChI=1S/C16H11N3O/c17-10-11-3-1-4-12(9-11)20-15-7-6-14(18)16-13(15)5-2-8-19-16/h1-9H,18H2. The highest BCUT2D eigenvalue weighted by Crippen LogP contribution is 2.32. The van der Waals surface area contributed by atoms with Crippen molar-refractivity contribution < 1.29 is 4.74 Å². The molecule has 0 bridgehead atoms. The van der Waals surface area contributed by atoms with Crippen molar-refractivity contribution >= 4 is 16.6 Å². The van der Waals surface area contributed by atoms with Gasteiger partial charge in [0.15, 0.2) is 0 Å². The van der Waals surface area contributed by atoms with Gasteiger partial charge in [0.1, 0.15) is 11.5 Å². The Labute approximate surface area is 116 Å². The van der Waals surface area contributed by atoms with Crippen LogP contribution in [-0.4, -0.2) is 4.98 Å². The third-order valence-corrected chi connectivity index (χ3v) is 2.95. The predicted octanol–water partition coefficient (Wildman–Crippen LogP) is 3.48. The van der Waals surface area contributed by atoms with Gasteiger partial charge in [0.05, 0.1) is 22.8 Å². The van der Waals surface area contributed by atoms with Crippen LogP contribution in [0.5, 0.6) is 11.5 Å². The lowest BCUT2D eigenvalue weighted by Crippen LogP contribution is -1.92. The van der Waals surface area contributed by atoms with E-state index in [2.05, 4.69) is 11.1 Å². The fourth-order valence-corrected chi connectivity index (χ4v) is 2.01. The number of nitrogen functional groups attached to an aromatic ring is 1. The number of hydrogen-bond acceptors (Lipinski definition) is 4. The van der Waals surface area contributed by atoms with Crippen molar-refractivity contribution in [3.8, 4) is 17.6 Å². The van der Waals surface area contributed by atoms with Gasteiger partial charge in [0, 0.05) is 11.6 Å². The summed E-state index contributed by atoms with van der Waals surface area (Å²) in [5.41, 5.74) is 7.78. The van der Waals surface area contributed by atoms with Gasteiger partial charge in [-0.2, -0.15) is 5.26 Å². The predicted molar refractivity (Wildman–Crippen MR) is 77.4 cm³/mol. The Bertz CT molecular complexity index is 821. The molecule has 96 valence electrons. The molecule has 0 atom stereocenters. The minimum absolute atomic E-state index is 0.556. The third kappa shape index (κ3) is 2.13. The molecule has 0 aliphatic rings. The number of anilines is 1. The van der Waals surface area contributed by atoms with Crippen LogP contribution in [0.15, 0.2) is 54.7 Å². The second-order valence-corrected chi connectivity index (χ2v) is 4.29. The molecule has 20 heavy (non-hydrogen) atoms. The quantitative estimate of drug-likeness (QED) is 0.717. The van der Waals surface area contributed by atoms with E-state index in [0.29, 0.717) is 28.3 Å². The van der Waals surface area contributed by atoms with Gasteiger partial charge >= 0.3 is 0 Å². The molecule has 4 heteroatoms. The number of nitrogens with zero attached hydrogens (tertiary/aromatic N) is 2. The zero-order valence-corrected chi connectivity index (χ0v) is 10.6. The topological polar surface area (TPSA) is 71.9 Å². The monoisotopic (exact) mass is 261 g/mol. The Balaban J connectivity index is 2.07. The summed E-state index contributed by atoms with van der Waals surface area (Å²) in [4.78, 5) is 4.26. The molecule has 3 aromatic rings. The van der Waals surface area contributed by atoms with Crippen LogP contribution in [0.1, 0.15) is 5.56 Å². The van der Waals surface area contributed by atoms with Gasteiger partial charge in [-0.15, -0.1) is 0 Å². The molecule has 0 radical (unpaired) electrons. The van der Waals surface area contributed by atoms with E-state index in [0.717, 1.165) is 5.39 Å². The van der Waals surface area contributed by atoms with E-state index < -0.39 is 0 Å². The van der Waals surface area contributed by atoms with Crippen LogP contribution >= 0.6 is 0 Å². The molecule has 0 saturated heterocycles. The Morgan fingerprint density at radius 3 is 2.85 bits per heavy atom. The molecule has 3 rings (SSSR count). The second kappa shape index (κ2) is 4.90. The minimum atomic E-state index is 0.556. The third-order valence-electron chi connectivity index (χ3n) is 2.95. The smallest absolute Gasteiger partial charge is 0.136 e. The largest absolute Gasteiger partial charge is 0.457 e. The number of ether oxygens (including phenoxy) is 1. The molecule has 0 amide bonds.